The smallest absolute Gasteiger partial charge is 0.307 e. The quantitative estimate of drug-likeness (QED) is 0.0165. The predicted octanol–water partition coefficient (Wildman–Crippen LogP) is 14.0. The van der Waals surface area contributed by atoms with Gasteiger partial charge in [0.2, 0.25) is 0 Å². The van der Waals surface area contributed by atoms with Crippen LogP contribution in [0.15, 0.2) is 109 Å². The number of aliphatic hydroxyl groups is 2. The number of carbonyl (C=O) groups excluding carboxylic acids is 3. The van der Waals surface area contributed by atoms with Crippen LogP contribution in [0.3, 0.4) is 0 Å². The molecule has 0 spiro atoms. The Kier molecular flexibility index (Phi) is 27.7. The van der Waals surface area contributed by atoms with Crippen molar-refractivity contribution in [3.63, 3.8) is 0 Å². The number of hydrogen-bond donors (Lipinski definition) is 5. The number of Topliss-reactive ketones (excluding diaryl/α,β-unsaturated/α-hetero) is 1. The number of ketones is 1. The third kappa shape index (κ3) is 21.6. The molecule has 1 fully saturated rings. The summed E-state index contributed by atoms with van der Waals surface area (Å²) in [7, 11) is -3.91. The highest BCUT2D eigenvalue weighted by atomic mass is 28.4. The minimum atomic E-state index is -1.99. The highest BCUT2D eigenvalue weighted by Gasteiger charge is 2.41. The summed E-state index contributed by atoms with van der Waals surface area (Å²) >= 11 is 0. The van der Waals surface area contributed by atoms with Crippen molar-refractivity contribution in [3.05, 3.63) is 132 Å². The summed E-state index contributed by atoms with van der Waals surface area (Å²) in [5, 5.41) is 39.2. The van der Waals surface area contributed by atoms with E-state index in [1.165, 1.54) is 18.4 Å². The van der Waals surface area contributed by atoms with Gasteiger partial charge >= 0.3 is 5.97 Å². The van der Waals surface area contributed by atoms with Crippen molar-refractivity contribution in [1.29, 1.82) is 0 Å². The number of imide groups is 1. The van der Waals surface area contributed by atoms with E-state index in [1.807, 2.05) is 60.8 Å². The van der Waals surface area contributed by atoms with E-state index in [0.29, 0.717) is 32.3 Å². The molecule has 0 saturated carbocycles. The number of aryl methyl sites for hydroxylation is 2. The summed E-state index contributed by atoms with van der Waals surface area (Å²) in [4.78, 5) is 53.9. The highest BCUT2D eigenvalue weighted by molar-refractivity contribution is 6.74. The molecule has 2 unspecified atom stereocenters. The first-order valence-electron chi connectivity index (χ1n) is 29.7. The van der Waals surface area contributed by atoms with E-state index in [4.69, 9.17) is 24.9 Å². The summed E-state index contributed by atoms with van der Waals surface area (Å²) in [6, 6.07) is 32.7. The molecule has 0 bridgehead atoms. The van der Waals surface area contributed by atoms with E-state index in [-0.39, 0.29) is 52.9 Å². The molecule has 0 radical (unpaired) electrons. The Morgan fingerprint density at radius 3 is 1.58 bits per heavy atom. The number of pyridine rings is 2. The van der Waals surface area contributed by atoms with Crippen molar-refractivity contribution in [1.82, 2.24) is 15.0 Å². The number of rotatable bonds is 24. The van der Waals surface area contributed by atoms with Crippen molar-refractivity contribution in [2.45, 2.75) is 194 Å². The zero-order valence-electron chi connectivity index (χ0n) is 51.7. The number of carboxylic acids is 1. The normalized spacial score (nSPS) is 13.6. The lowest BCUT2D eigenvalue weighted by molar-refractivity contribution is -0.171. The van der Waals surface area contributed by atoms with Crippen LogP contribution in [0.1, 0.15) is 142 Å². The van der Waals surface area contributed by atoms with Crippen molar-refractivity contribution < 1.29 is 48.6 Å². The molecule has 4 aromatic carbocycles. The number of nitrogens with zero attached hydrogens (tertiary/aromatic N) is 3. The first-order valence-corrected chi connectivity index (χ1v) is 35.5. The number of para-hydroxylation sites is 2. The first-order chi connectivity index (χ1) is 39.2. The Hall–Kier alpha value is -5.83. The maximum Gasteiger partial charge on any atom is 0.307 e. The van der Waals surface area contributed by atoms with Gasteiger partial charge in [0.15, 0.2) is 16.6 Å². The third-order valence-electron chi connectivity index (χ3n) is 15.9. The molecule has 16 heteroatoms. The van der Waals surface area contributed by atoms with E-state index in [1.54, 1.807) is 6.20 Å². The fraction of sp³-hybridized carbons (Fsp3) is 0.493. The third-order valence-corrected chi connectivity index (χ3v) is 25.0. The Balaban J connectivity index is 0.000000299. The molecular formula is C67H96N4O10Si2. The Labute approximate surface area is 496 Å². The van der Waals surface area contributed by atoms with Crippen LogP contribution in [0.5, 0.6) is 0 Å². The number of carboxylic acid groups (broad SMARTS) is 1. The second kappa shape index (κ2) is 33.0. The highest BCUT2D eigenvalue weighted by Crippen LogP contribution is 2.40. The number of aromatic nitrogens is 2. The number of nitrogens with two attached hydrogens (primary N) is 1. The van der Waals surface area contributed by atoms with E-state index in [9.17, 15) is 29.4 Å². The summed E-state index contributed by atoms with van der Waals surface area (Å²) < 4.78 is 13.6. The topological polar surface area (TPSA) is 223 Å². The number of aliphatic hydroxyl groups excluding tert-OH is 2. The Bertz CT molecular complexity index is 3020. The summed E-state index contributed by atoms with van der Waals surface area (Å²) in [5.41, 5.74) is 15.0. The van der Waals surface area contributed by atoms with Crippen molar-refractivity contribution in [3.8, 4) is 22.3 Å². The lowest BCUT2D eigenvalue weighted by Gasteiger charge is -2.41. The van der Waals surface area contributed by atoms with Crippen molar-refractivity contribution >= 4 is 62.0 Å². The molecule has 452 valence electrons. The minimum absolute atomic E-state index is 0.0167. The van der Waals surface area contributed by atoms with Crippen LogP contribution in [0.2, 0.25) is 36.3 Å². The van der Waals surface area contributed by atoms with Crippen LogP contribution in [0.25, 0.3) is 44.1 Å². The van der Waals surface area contributed by atoms with Crippen LogP contribution in [0, 0.1) is 0 Å². The number of aliphatic carboxylic acids is 1. The van der Waals surface area contributed by atoms with Gasteiger partial charge in [-0.1, -0.05) is 160 Å². The average molecular weight is 1170 g/mol. The number of fused-ring (bicyclic) bond motifs is 2. The van der Waals surface area contributed by atoms with Gasteiger partial charge in [0.25, 0.3) is 11.8 Å². The lowest BCUT2D eigenvalue weighted by atomic mass is 9.91. The summed E-state index contributed by atoms with van der Waals surface area (Å²) in [6.07, 6.45) is 12.5. The fourth-order valence-corrected chi connectivity index (χ4v) is 11.3. The van der Waals surface area contributed by atoms with Crippen LogP contribution < -0.4 is 5.73 Å². The number of hydrogen-bond acceptors (Lipinski definition) is 12. The predicted molar refractivity (Wildman–Crippen MR) is 340 cm³/mol. The Morgan fingerprint density at radius 2 is 1.16 bits per heavy atom. The van der Waals surface area contributed by atoms with Crippen LogP contribution in [-0.2, 0) is 53.7 Å². The molecule has 1 aliphatic rings. The molecule has 2 atom stereocenters. The summed E-state index contributed by atoms with van der Waals surface area (Å²) in [5.74, 6) is -1.61. The second-order valence-corrected chi connectivity index (χ2v) is 34.3. The lowest BCUT2D eigenvalue weighted by Crippen LogP contribution is -2.48. The zero-order chi connectivity index (χ0) is 61.5. The van der Waals surface area contributed by atoms with E-state index >= 15 is 0 Å². The zero-order valence-corrected chi connectivity index (χ0v) is 53.7. The number of benzene rings is 4. The van der Waals surface area contributed by atoms with E-state index in [0.717, 1.165) is 99.4 Å². The Morgan fingerprint density at radius 1 is 0.675 bits per heavy atom. The molecular weight excluding hydrogens is 1080 g/mol. The second-order valence-electron chi connectivity index (χ2n) is 24.7. The van der Waals surface area contributed by atoms with Crippen LogP contribution in [-0.4, -0.2) is 108 Å². The number of amides is 2. The molecule has 1 aliphatic heterocycles. The van der Waals surface area contributed by atoms with Gasteiger partial charge in [-0.3, -0.25) is 34.4 Å². The van der Waals surface area contributed by atoms with Gasteiger partial charge in [-0.25, -0.2) is 0 Å². The molecule has 7 rings (SSSR count). The molecule has 14 nitrogen and oxygen atoms in total. The van der Waals surface area contributed by atoms with Crippen LogP contribution in [0.4, 0.5) is 0 Å². The molecule has 2 aromatic heterocycles. The molecule has 0 aliphatic carbocycles. The molecule has 2 amide bonds. The number of hydroxylamine groups is 2. The maximum absolute atomic E-state index is 12.6. The van der Waals surface area contributed by atoms with Gasteiger partial charge in [0.05, 0.1) is 42.9 Å². The van der Waals surface area contributed by atoms with E-state index < -0.39 is 40.5 Å². The number of unbranched alkanes of at least 4 members (excludes halogenated alkanes) is 3. The maximum atomic E-state index is 12.6. The molecule has 3 heterocycles. The average Bonchev–Trinajstić information content (AvgIpc) is 3.37. The van der Waals surface area contributed by atoms with Gasteiger partial charge < -0.3 is 29.9 Å². The van der Waals surface area contributed by atoms with Gasteiger partial charge in [-0.05, 0) is 138 Å². The van der Waals surface area contributed by atoms with Crippen molar-refractivity contribution in [2.75, 3.05) is 19.8 Å². The largest absolute Gasteiger partial charge is 0.481 e. The van der Waals surface area contributed by atoms with Gasteiger partial charge in [0.1, 0.15) is 5.78 Å². The molecule has 6 N–H and O–H groups in total. The molecule has 6 aromatic rings. The number of carbonyl (C=O) groups is 4. The first kappa shape index (κ1) is 69.7. The van der Waals surface area contributed by atoms with Gasteiger partial charge in [-0.15, -0.1) is 0 Å². The van der Waals surface area contributed by atoms with Gasteiger partial charge in [-0.2, -0.15) is 5.06 Å². The fourth-order valence-electron chi connectivity index (χ4n) is 8.92. The van der Waals surface area contributed by atoms with Gasteiger partial charge in [0, 0.05) is 48.8 Å². The molecule has 83 heavy (non-hydrogen) atoms. The minimum Gasteiger partial charge on any atom is -0.481 e. The SMILES string of the molecule is CC(C)(C)[Si](C)(C)OCC(CCc1cccc(-c2c(CC(=O)O)cnc3ccccc23)c1)O[Si](C)(C)C(C)(C)C.CCCCCC(=O)Cc1cnc2ccccc2c1-c1cccc(CCC(O)CO)c1.CCCCN.O=C1CCC(=O)N1O. The van der Waals surface area contributed by atoms with Crippen LogP contribution >= 0.6 is 0 Å². The monoisotopic (exact) mass is 1170 g/mol. The van der Waals surface area contributed by atoms with Crippen molar-refractivity contribution in [2.24, 2.45) is 5.73 Å². The summed E-state index contributed by atoms with van der Waals surface area (Å²) in [6.45, 7) is 28.4. The molecule has 1 saturated heterocycles. The van der Waals surface area contributed by atoms with E-state index in [2.05, 4.69) is 134 Å². The standard InChI is InChI=1S/C33H49NO4Si2.C26H31NO3.C4H5NO3.C4H11N/c1-32(2,3)39(7,8)37-23-27(38-40(9,10)33(4,5)6)19-18-24-14-13-15-25(20-24)31-26(21-30(35)36)22-34-29-17-12-11-16-28(29)31;1-2-3-4-10-22(29)16-21-17-27-25-12-6-5-11-24(25)26(21)20-9-7-8-19(15-20)13-14-23(30)18-28;6-3-1-2-4(7)5(3)8;1-2-3-4-5/h11-17,20,22,27H,18-19,21,23H2,1-10H3,(H,35,36);5-9,11-12,15,17,23,28,30H,2-4,10,13-14,16,18H2,1H3;8H,1-2H2;2-5H2,1H3.